The van der Waals surface area contributed by atoms with Crippen LogP contribution in [0.5, 0.6) is 0 Å². The Kier molecular flexibility index (Phi) is 2.56. The highest BCUT2D eigenvalue weighted by molar-refractivity contribution is 6.30. The molecule has 4 N–H and O–H groups in total. The summed E-state index contributed by atoms with van der Waals surface area (Å²) in [6, 6.07) is 0. The Hall–Kier alpha value is -0.510. The number of hydrogen-bond donors (Lipinski definition) is 3. The largest absolute Gasteiger partial charge is 0.385 e. The average Bonchev–Trinajstić information content (AvgIpc) is 2.50. The van der Waals surface area contributed by atoms with Crippen molar-refractivity contribution in [3.63, 3.8) is 0 Å². The Morgan fingerprint density at radius 3 is 3.14 bits per heavy atom. The summed E-state index contributed by atoms with van der Waals surface area (Å²) in [6.45, 7) is 0.499. The van der Waals surface area contributed by atoms with Gasteiger partial charge in [-0.15, -0.1) is 0 Å². The molecule has 1 aliphatic rings. The highest BCUT2D eigenvalue weighted by Crippen LogP contribution is 2.40. The normalized spacial score (nSPS) is 26.2. The fraction of sp³-hybridized carbons (Fsp3) is 0.600. The van der Waals surface area contributed by atoms with E-state index in [1.807, 2.05) is 6.20 Å². The van der Waals surface area contributed by atoms with Gasteiger partial charge < -0.3 is 15.8 Å². The second-order valence-corrected chi connectivity index (χ2v) is 4.30. The fourth-order valence-corrected chi connectivity index (χ4v) is 2.53. The number of hydrogen-bond acceptors (Lipinski definition) is 2. The SMILES string of the molecule is NCCC1(O)CCCc2c1c[nH]c2Cl. The minimum atomic E-state index is -0.758. The zero-order valence-electron chi connectivity index (χ0n) is 8.02. The van der Waals surface area contributed by atoms with Crippen molar-refractivity contribution in [1.29, 1.82) is 0 Å². The number of aromatic nitrogens is 1. The van der Waals surface area contributed by atoms with E-state index in [0.717, 1.165) is 30.4 Å². The minimum Gasteiger partial charge on any atom is -0.385 e. The molecular weight excluding hydrogens is 200 g/mol. The van der Waals surface area contributed by atoms with Crippen LogP contribution in [0.4, 0.5) is 0 Å². The summed E-state index contributed by atoms with van der Waals surface area (Å²) in [7, 11) is 0. The van der Waals surface area contributed by atoms with Gasteiger partial charge in [-0.05, 0) is 37.8 Å². The van der Waals surface area contributed by atoms with Gasteiger partial charge in [-0.2, -0.15) is 0 Å². The lowest BCUT2D eigenvalue weighted by Crippen LogP contribution is -2.32. The Labute approximate surface area is 88.3 Å². The molecule has 0 fully saturated rings. The minimum absolute atomic E-state index is 0.499. The summed E-state index contributed by atoms with van der Waals surface area (Å²) in [4.78, 5) is 2.96. The molecule has 2 rings (SSSR count). The molecule has 1 atom stereocenters. The van der Waals surface area contributed by atoms with E-state index in [4.69, 9.17) is 17.3 Å². The van der Waals surface area contributed by atoms with Crippen LogP contribution in [-0.2, 0) is 12.0 Å². The van der Waals surface area contributed by atoms with Crippen LogP contribution in [0.15, 0.2) is 6.20 Å². The Morgan fingerprint density at radius 1 is 1.64 bits per heavy atom. The molecule has 1 aromatic heterocycles. The van der Waals surface area contributed by atoms with Gasteiger partial charge in [-0.25, -0.2) is 0 Å². The van der Waals surface area contributed by atoms with Gasteiger partial charge in [0.1, 0.15) is 5.15 Å². The first-order chi connectivity index (χ1) is 6.67. The summed E-state index contributed by atoms with van der Waals surface area (Å²) in [5.41, 5.74) is 6.75. The molecule has 4 heteroatoms. The van der Waals surface area contributed by atoms with Crippen LogP contribution in [0.1, 0.15) is 30.4 Å². The Balaban J connectivity index is 2.40. The zero-order valence-corrected chi connectivity index (χ0v) is 8.77. The van der Waals surface area contributed by atoms with Crippen LogP contribution in [0, 0.1) is 0 Å². The predicted molar refractivity (Wildman–Crippen MR) is 56.3 cm³/mol. The van der Waals surface area contributed by atoms with E-state index in [0.29, 0.717) is 18.1 Å². The summed E-state index contributed by atoms with van der Waals surface area (Å²) in [5.74, 6) is 0. The van der Waals surface area contributed by atoms with E-state index in [9.17, 15) is 5.11 Å². The first-order valence-corrected chi connectivity index (χ1v) is 5.34. The van der Waals surface area contributed by atoms with Crippen molar-refractivity contribution in [1.82, 2.24) is 4.98 Å². The lowest BCUT2D eigenvalue weighted by molar-refractivity contribution is 0.0129. The third kappa shape index (κ3) is 1.45. The maximum Gasteiger partial charge on any atom is 0.109 e. The van der Waals surface area contributed by atoms with Crippen molar-refractivity contribution in [3.05, 3.63) is 22.5 Å². The molecule has 78 valence electrons. The first-order valence-electron chi connectivity index (χ1n) is 4.96. The van der Waals surface area contributed by atoms with Crippen LogP contribution >= 0.6 is 11.6 Å². The summed E-state index contributed by atoms with van der Waals surface area (Å²) >= 11 is 5.99. The van der Waals surface area contributed by atoms with Crippen molar-refractivity contribution in [3.8, 4) is 0 Å². The van der Waals surface area contributed by atoms with Gasteiger partial charge in [-0.3, -0.25) is 0 Å². The average molecular weight is 215 g/mol. The van der Waals surface area contributed by atoms with Crippen LogP contribution in [-0.4, -0.2) is 16.6 Å². The first kappa shape index (κ1) is 10.0. The Morgan fingerprint density at radius 2 is 2.43 bits per heavy atom. The van der Waals surface area contributed by atoms with Crippen molar-refractivity contribution in [2.45, 2.75) is 31.3 Å². The third-order valence-corrected chi connectivity index (χ3v) is 3.35. The fourth-order valence-electron chi connectivity index (χ4n) is 2.28. The molecule has 1 heterocycles. The maximum atomic E-state index is 10.4. The summed E-state index contributed by atoms with van der Waals surface area (Å²) in [6.07, 6.45) is 5.12. The predicted octanol–water partition coefficient (Wildman–Crippen LogP) is 1.54. The second-order valence-electron chi connectivity index (χ2n) is 3.92. The monoisotopic (exact) mass is 214 g/mol. The molecule has 0 radical (unpaired) electrons. The molecule has 1 aromatic rings. The van der Waals surface area contributed by atoms with Crippen molar-refractivity contribution in [2.24, 2.45) is 5.73 Å². The number of aliphatic hydroxyl groups is 1. The van der Waals surface area contributed by atoms with Crippen molar-refractivity contribution >= 4 is 11.6 Å². The van der Waals surface area contributed by atoms with Crippen LogP contribution in [0.25, 0.3) is 0 Å². The molecule has 0 saturated carbocycles. The lowest BCUT2D eigenvalue weighted by atomic mass is 9.79. The molecule has 0 spiro atoms. The second kappa shape index (κ2) is 3.57. The van der Waals surface area contributed by atoms with E-state index >= 15 is 0 Å². The number of fused-ring (bicyclic) bond motifs is 1. The van der Waals surface area contributed by atoms with Gasteiger partial charge in [0.15, 0.2) is 0 Å². The van der Waals surface area contributed by atoms with Crippen LogP contribution in [0.3, 0.4) is 0 Å². The van der Waals surface area contributed by atoms with Crippen molar-refractivity contribution in [2.75, 3.05) is 6.54 Å². The summed E-state index contributed by atoms with van der Waals surface area (Å²) in [5, 5.41) is 11.0. The van der Waals surface area contributed by atoms with Crippen LogP contribution in [0.2, 0.25) is 5.15 Å². The molecule has 0 bridgehead atoms. The smallest absolute Gasteiger partial charge is 0.109 e. The molecule has 0 saturated heterocycles. The van der Waals surface area contributed by atoms with Gasteiger partial charge in [0, 0.05) is 11.8 Å². The number of rotatable bonds is 2. The van der Waals surface area contributed by atoms with Gasteiger partial charge in [0.05, 0.1) is 5.60 Å². The molecule has 3 nitrogen and oxygen atoms in total. The maximum absolute atomic E-state index is 10.4. The summed E-state index contributed by atoms with van der Waals surface area (Å²) < 4.78 is 0. The number of H-pyrrole nitrogens is 1. The van der Waals surface area contributed by atoms with Crippen molar-refractivity contribution < 1.29 is 5.11 Å². The van der Waals surface area contributed by atoms with Crippen LogP contribution < -0.4 is 5.73 Å². The van der Waals surface area contributed by atoms with Gasteiger partial charge in [-0.1, -0.05) is 11.6 Å². The molecule has 0 aliphatic heterocycles. The Bertz CT molecular complexity index is 337. The van der Waals surface area contributed by atoms with Gasteiger partial charge >= 0.3 is 0 Å². The lowest BCUT2D eigenvalue weighted by Gasteiger charge is -2.32. The molecular formula is C10H15ClN2O. The number of nitrogens with one attached hydrogen (secondary N) is 1. The molecule has 14 heavy (non-hydrogen) atoms. The molecule has 0 amide bonds. The van der Waals surface area contributed by atoms with Gasteiger partial charge in [0.25, 0.3) is 0 Å². The number of halogens is 1. The molecule has 0 aromatic carbocycles. The van der Waals surface area contributed by atoms with E-state index in [1.165, 1.54) is 0 Å². The number of nitrogens with two attached hydrogens (primary N) is 1. The van der Waals surface area contributed by atoms with E-state index in [-0.39, 0.29) is 0 Å². The topological polar surface area (TPSA) is 62.0 Å². The zero-order chi connectivity index (χ0) is 10.2. The van der Waals surface area contributed by atoms with E-state index in [1.54, 1.807) is 0 Å². The highest BCUT2D eigenvalue weighted by Gasteiger charge is 2.35. The third-order valence-electron chi connectivity index (χ3n) is 3.01. The van der Waals surface area contributed by atoms with Gasteiger partial charge in [0.2, 0.25) is 0 Å². The van der Waals surface area contributed by atoms with E-state index in [2.05, 4.69) is 4.98 Å². The number of aromatic amines is 1. The van der Waals surface area contributed by atoms with E-state index < -0.39 is 5.60 Å². The standard InChI is InChI=1S/C10H15ClN2O/c11-9-7-2-1-3-10(14,4-5-12)8(7)6-13-9/h6,13-14H,1-5,12H2. The highest BCUT2D eigenvalue weighted by atomic mass is 35.5. The quantitative estimate of drug-likeness (QED) is 0.700. The molecule has 1 unspecified atom stereocenters. The molecule has 1 aliphatic carbocycles.